The van der Waals surface area contributed by atoms with Gasteiger partial charge in [0.05, 0.1) is 12.5 Å². The van der Waals surface area contributed by atoms with Crippen LogP contribution in [-0.4, -0.2) is 48.0 Å². The third-order valence-electron chi connectivity index (χ3n) is 4.20. The smallest absolute Gasteiger partial charge is 0.310 e. The Hall–Kier alpha value is -0.710. The number of nitrogens with zero attached hydrogens (tertiary/aromatic N) is 1. The van der Waals surface area contributed by atoms with E-state index in [-0.39, 0.29) is 17.8 Å². The number of rotatable bonds is 4. The van der Waals surface area contributed by atoms with Crippen LogP contribution in [0.5, 0.6) is 0 Å². The zero-order valence-corrected chi connectivity index (χ0v) is 13.1. The van der Waals surface area contributed by atoms with Crippen molar-refractivity contribution >= 4 is 23.6 Å². The summed E-state index contributed by atoms with van der Waals surface area (Å²) in [5, 5.41) is 0. The summed E-state index contributed by atoms with van der Waals surface area (Å²) in [5.74, 6) is 2.89. The van der Waals surface area contributed by atoms with Crippen LogP contribution in [0.1, 0.15) is 39.0 Å². The van der Waals surface area contributed by atoms with Crippen molar-refractivity contribution < 1.29 is 14.3 Å². The number of carbonyl (C=O) groups is 2. The van der Waals surface area contributed by atoms with Crippen LogP contribution in [0, 0.1) is 11.8 Å². The molecule has 2 heterocycles. The molecule has 0 bridgehead atoms. The molecule has 1 amide bonds. The lowest BCUT2D eigenvalue weighted by molar-refractivity contribution is -0.151. The van der Waals surface area contributed by atoms with Gasteiger partial charge in [-0.1, -0.05) is 0 Å². The minimum Gasteiger partial charge on any atom is -0.466 e. The lowest BCUT2D eigenvalue weighted by Crippen LogP contribution is -2.43. The average Bonchev–Trinajstić information content (AvgIpc) is 2.48. The van der Waals surface area contributed by atoms with Crippen molar-refractivity contribution in [1.82, 2.24) is 4.90 Å². The number of hydrogen-bond donors (Lipinski definition) is 0. The second-order valence-corrected chi connectivity index (χ2v) is 6.92. The van der Waals surface area contributed by atoms with Crippen LogP contribution in [0.3, 0.4) is 0 Å². The molecule has 2 saturated heterocycles. The molecule has 4 nitrogen and oxygen atoms in total. The summed E-state index contributed by atoms with van der Waals surface area (Å²) in [7, 11) is 0. The Labute approximate surface area is 125 Å². The highest BCUT2D eigenvalue weighted by Gasteiger charge is 2.30. The third kappa shape index (κ3) is 4.40. The molecule has 0 aromatic rings. The molecule has 0 saturated carbocycles. The van der Waals surface area contributed by atoms with E-state index in [0.29, 0.717) is 25.5 Å². The lowest BCUT2D eigenvalue weighted by Gasteiger charge is -2.33. The zero-order valence-electron chi connectivity index (χ0n) is 12.3. The predicted octanol–water partition coefficient (Wildman–Crippen LogP) is 2.32. The van der Waals surface area contributed by atoms with Crippen molar-refractivity contribution in [3.05, 3.63) is 0 Å². The molecular weight excluding hydrogens is 274 g/mol. The van der Waals surface area contributed by atoms with E-state index < -0.39 is 0 Å². The van der Waals surface area contributed by atoms with E-state index in [0.717, 1.165) is 32.2 Å². The molecule has 1 atom stereocenters. The van der Waals surface area contributed by atoms with Crippen LogP contribution in [0.25, 0.3) is 0 Å². The van der Waals surface area contributed by atoms with Gasteiger partial charge in [-0.15, -0.1) is 0 Å². The number of hydrogen-bond acceptors (Lipinski definition) is 4. The standard InChI is InChI=1S/C15H25NO3S/c1-2-19-15(18)13-4-3-7-16(11-13)14(17)10-12-5-8-20-9-6-12/h12-13H,2-11H2,1H3/t13-/m0/s1. The van der Waals surface area contributed by atoms with E-state index in [9.17, 15) is 9.59 Å². The molecule has 2 rings (SSSR count). The number of piperidine rings is 1. The minimum absolute atomic E-state index is 0.116. The number of esters is 1. The van der Waals surface area contributed by atoms with Gasteiger partial charge in [0.15, 0.2) is 0 Å². The maximum absolute atomic E-state index is 12.4. The fourth-order valence-electron chi connectivity index (χ4n) is 2.98. The first-order valence-corrected chi connectivity index (χ1v) is 8.88. The molecule has 114 valence electrons. The molecule has 0 aromatic carbocycles. The van der Waals surface area contributed by atoms with Gasteiger partial charge < -0.3 is 9.64 Å². The fraction of sp³-hybridized carbons (Fsp3) is 0.867. The SMILES string of the molecule is CCOC(=O)[C@H]1CCCN(C(=O)CC2CCSCC2)C1. The fourth-order valence-corrected chi connectivity index (χ4v) is 4.19. The molecule has 0 spiro atoms. The first-order valence-electron chi connectivity index (χ1n) is 7.73. The van der Waals surface area contributed by atoms with Crippen LogP contribution in [0.15, 0.2) is 0 Å². The van der Waals surface area contributed by atoms with Crippen molar-refractivity contribution in [2.45, 2.75) is 39.0 Å². The van der Waals surface area contributed by atoms with Gasteiger partial charge in [-0.3, -0.25) is 9.59 Å². The maximum Gasteiger partial charge on any atom is 0.310 e. The third-order valence-corrected chi connectivity index (χ3v) is 5.25. The number of thioether (sulfide) groups is 1. The van der Waals surface area contributed by atoms with Crippen LogP contribution in [0.4, 0.5) is 0 Å². The molecule has 2 aliphatic heterocycles. The highest BCUT2D eigenvalue weighted by Crippen LogP contribution is 2.27. The summed E-state index contributed by atoms with van der Waals surface area (Å²) < 4.78 is 5.08. The Bertz CT molecular complexity index is 342. The molecular formula is C15H25NO3S. The van der Waals surface area contributed by atoms with E-state index >= 15 is 0 Å². The van der Waals surface area contributed by atoms with Gasteiger partial charge in [-0.25, -0.2) is 0 Å². The van der Waals surface area contributed by atoms with Gasteiger partial charge >= 0.3 is 5.97 Å². The predicted molar refractivity (Wildman–Crippen MR) is 80.6 cm³/mol. The molecule has 20 heavy (non-hydrogen) atoms. The Kier molecular flexibility index (Phi) is 6.20. The Morgan fingerprint density at radius 1 is 1.25 bits per heavy atom. The average molecular weight is 299 g/mol. The summed E-state index contributed by atoms with van der Waals surface area (Å²) >= 11 is 1.99. The topological polar surface area (TPSA) is 46.6 Å². The monoisotopic (exact) mass is 299 g/mol. The van der Waals surface area contributed by atoms with Gasteiger partial charge in [0.1, 0.15) is 0 Å². The molecule has 0 radical (unpaired) electrons. The van der Waals surface area contributed by atoms with Gasteiger partial charge in [-0.2, -0.15) is 11.8 Å². The quantitative estimate of drug-likeness (QED) is 0.748. The van der Waals surface area contributed by atoms with Crippen molar-refractivity contribution in [3.8, 4) is 0 Å². The van der Waals surface area contributed by atoms with Crippen molar-refractivity contribution in [2.75, 3.05) is 31.2 Å². The lowest BCUT2D eigenvalue weighted by atomic mass is 9.95. The molecule has 2 aliphatic rings. The van der Waals surface area contributed by atoms with Crippen LogP contribution in [-0.2, 0) is 14.3 Å². The van der Waals surface area contributed by atoms with Crippen LogP contribution < -0.4 is 0 Å². The van der Waals surface area contributed by atoms with Crippen LogP contribution in [0.2, 0.25) is 0 Å². The second kappa shape index (κ2) is 7.91. The van der Waals surface area contributed by atoms with Gasteiger partial charge in [0.25, 0.3) is 0 Å². The number of likely N-dealkylation sites (tertiary alicyclic amines) is 1. The highest BCUT2D eigenvalue weighted by atomic mass is 32.2. The molecule has 0 aliphatic carbocycles. The Morgan fingerprint density at radius 2 is 2.00 bits per heavy atom. The van der Waals surface area contributed by atoms with E-state index in [4.69, 9.17) is 4.74 Å². The van der Waals surface area contributed by atoms with Gasteiger partial charge in [0, 0.05) is 19.5 Å². The van der Waals surface area contributed by atoms with E-state index in [1.54, 1.807) is 0 Å². The molecule has 2 fully saturated rings. The summed E-state index contributed by atoms with van der Waals surface area (Å²) in [6.45, 7) is 3.60. The van der Waals surface area contributed by atoms with Crippen molar-refractivity contribution in [3.63, 3.8) is 0 Å². The summed E-state index contributed by atoms with van der Waals surface area (Å²) in [5.41, 5.74) is 0. The second-order valence-electron chi connectivity index (χ2n) is 5.69. The molecule has 0 aromatic heterocycles. The Morgan fingerprint density at radius 3 is 2.70 bits per heavy atom. The van der Waals surface area contributed by atoms with E-state index in [1.807, 2.05) is 23.6 Å². The first kappa shape index (κ1) is 15.7. The minimum atomic E-state index is -0.140. The summed E-state index contributed by atoms with van der Waals surface area (Å²) in [6.07, 6.45) is 4.74. The largest absolute Gasteiger partial charge is 0.466 e. The molecule has 5 heteroatoms. The maximum atomic E-state index is 12.4. The summed E-state index contributed by atoms with van der Waals surface area (Å²) in [6, 6.07) is 0. The number of amides is 1. The van der Waals surface area contributed by atoms with E-state index in [2.05, 4.69) is 0 Å². The zero-order chi connectivity index (χ0) is 14.4. The number of ether oxygens (including phenoxy) is 1. The first-order chi connectivity index (χ1) is 9.70. The highest BCUT2D eigenvalue weighted by molar-refractivity contribution is 7.99. The van der Waals surface area contributed by atoms with Crippen molar-refractivity contribution in [1.29, 1.82) is 0 Å². The van der Waals surface area contributed by atoms with Crippen molar-refractivity contribution in [2.24, 2.45) is 11.8 Å². The van der Waals surface area contributed by atoms with Crippen LogP contribution >= 0.6 is 11.8 Å². The van der Waals surface area contributed by atoms with Gasteiger partial charge in [-0.05, 0) is 50.0 Å². The van der Waals surface area contributed by atoms with E-state index in [1.165, 1.54) is 11.5 Å². The Balaban J connectivity index is 1.81. The number of carbonyl (C=O) groups excluding carboxylic acids is 2. The normalized spacial score (nSPS) is 24.4. The van der Waals surface area contributed by atoms with Gasteiger partial charge in [0.2, 0.25) is 5.91 Å². The summed E-state index contributed by atoms with van der Waals surface area (Å²) in [4.78, 5) is 26.0. The molecule has 0 unspecified atom stereocenters. The molecule has 0 N–H and O–H groups in total.